The number of carbonyl (C=O) groups excluding carboxylic acids is 2. The van der Waals surface area contributed by atoms with Crippen molar-refractivity contribution in [2.75, 3.05) is 0 Å². The first kappa shape index (κ1) is 15.6. The second kappa shape index (κ2) is 4.54. The molecule has 0 amide bonds. The number of carbonyl (C=O) groups is 2. The van der Waals surface area contributed by atoms with Crippen LogP contribution in [-0.4, -0.2) is 12.1 Å². The van der Waals surface area contributed by atoms with Gasteiger partial charge in [-0.15, -0.1) is 0 Å². The third-order valence-electron chi connectivity index (χ3n) is 10.2. The lowest BCUT2D eigenvalue weighted by Crippen LogP contribution is -2.55. The van der Waals surface area contributed by atoms with Crippen LogP contribution in [0.15, 0.2) is 0 Å². The Labute approximate surface area is 146 Å². The fourth-order valence-corrected chi connectivity index (χ4v) is 9.01. The van der Waals surface area contributed by atoms with Crippen LogP contribution in [0.2, 0.25) is 0 Å². The number of fused-ring (bicyclic) bond motifs is 4. The van der Waals surface area contributed by atoms with Gasteiger partial charge in [0.05, 0.1) is 0 Å². The number of hydrogen-bond acceptors (Lipinski definition) is 2. The van der Waals surface area contributed by atoms with E-state index in [9.17, 15) is 9.59 Å². The number of ketones is 1. The van der Waals surface area contributed by atoms with Crippen LogP contribution in [-0.2, 0) is 9.59 Å². The van der Waals surface area contributed by atoms with Crippen LogP contribution in [0.1, 0.15) is 72.1 Å². The first-order chi connectivity index (χ1) is 11.4. The Kier molecular flexibility index (Phi) is 2.95. The van der Waals surface area contributed by atoms with Crippen LogP contribution in [0.25, 0.3) is 0 Å². The van der Waals surface area contributed by atoms with Gasteiger partial charge in [-0.05, 0) is 85.4 Å². The molecule has 0 aromatic carbocycles. The summed E-state index contributed by atoms with van der Waals surface area (Å²) in [5.74, 6) is 4.13. The molecule has 5 fully saturated rings. The largest absolute Gasteiger partial charge is 0.303 e. The Morgan fingerprint density at radius 1 is 1.08 bits per heavy atom. The Bertz CT molecular complexity index is 611. The fraction of sp³-hybridized carbons (Fsp3) is 0.909. The molecule has 5 rings (SSSR count). The molecule has 0 heterocycles. The molecule has 2 nitrogen and oxygen atoms in total. The summed E-state index contributed by atoms with van der Waals surface area (Å²) >= 11 is 0. The van der Waals surface area contributed by atoms with E-state index in [1.807, 2.05) is 0 Å². The third kappa shape index (κ3) is 1.51. The van der Waals surface area contributed by atoms with Gasteiger partial charge < -0.3 is 4.79 Å². The average Bonchev–Trinajstić information content (AvgIpc) is 3.09. The van der Waals surface area contributed by atoms with Crippen molar-refractivity contribution in [2.45, 2.75) is 72.1 Å². The maximum atomic E-state index is 13.2. The molecule has 5 saturated carbocycles. The number of hydrogen-bond donors (Lipinski definition) is 0. The van der Waals surface area contributed by atoms with E-state index in [2.05, 4.69) is 20.8 Å². The van der Waals surface area contributed by atoms with Gasteiger partial charge in [0, 0.05) is 17.8 Å². The van der Waals surface area contributed by atoms with Gasteiger partial charge in [-0.3, -0.25) is 4.79 Å². The van der Waals surface area contributed by atoms with Crippen molar-refractivity contribution in [3.05, 3.63) is 0 Å². The molecule has 5 aliphatic carbocycles. The Morgan fingerprint density at radius 3 is 2.58 bits per heavy atom. The van der Waals surface area contributed by atoms with Gasteiger partial charge in [0.1, 0.15) is 12.1 Å². The van der Waals surface area contributed by atoms with E-state index >= 15 is 0 Å². The highest BCUT2D eigenvalue weighted by atomic mass is 16.1. The molecule has 0 unspecified atom stereocenters. The topological polar surface area (TPSA) is 34.1 Å². The first-order valence-electron chi connectivity index (χ1n) is 10.4. The second-order valence-electron chi connectivity index (χ2n) is 10.6. The molecule has 1 spiro atoms. The highest BCUT2D eigenvalue weighted by molar-refractivity contribution is 5.91. The van der Waals surface area contributed by atoms with Gasteiger partial charge in [-0.2, -0.15) is 0 Å². The van der Waals surface area contributed by atoms with Crippen LogP contribution >= 0.6 is 0 Å². The highest BCUT2D eigenvalue weighted by Crippen LogP contribution is 2.80. The number of rotatable bonds is 2. The van der Waals surface area contributed by atoms with Gasteiger partial charge in [-0.1, -0.05) is 20.8 Å². The van der Waals surface area contributed by atoms with E-state index < -0.39 is 0 Å². The Balaban J connectivity index is 1.51. The molecule has 2 heteroatoms. The van der Waals surface area contributed by atoms with Gasteiger partial charge in [-0.25, -0.2) is 0 Å². The van der Waals surface area contributed by atoms with Crippen molar-refractivity contribution in [1.82, 2.24) is 0 Å². The summed E-state index contributed by atoms with van der Waals surface area (Å²) in [7, 11) is 0. The zero-order valence-corrected chi connectivity index (χ0v) is 15.5. The van der Waals surface area contributed by atoms with Gasteiger partial charge in [0.25, 0.3) is 0 Å². The molecule has 132 valence electrons. The SMILES string of the molecule is C[C@H](C=O)[C@H]1CC[C@H]2[C@@H]3CC(=O)[C@]45C[C@H]4CC[C@]5(C)[C@H]3CC[C@]12C. The van der Waals surface area contributed by atoms with Gasteiger partial charge in [0.2, 0.25) is 0 Å². The smallest absolute Gasteiger partial charge is 0.140 e. The van der Waals surface area contributed by atoms with E-state index in [0.717, 1.165) is 18.3 Å². The second-order valence-corrected chi connectivity index (χ2v) is 10.6. The zero-order valence-electron chi connectivity index (χ0n) is 15.5. The van der Waals surface area contributed by atoms with Crippen LogP contribution in [0.4, 0.5) is 0 Å². The monoisotopic (exact) mass is 328 g/mol. The summed E-state index contributed by atoms with van der Waals surface area (Å²) in [6, 6.07) is 0. The fourth-order valence-electron chi connectivity index (χ4n) is 9.01. The minimum atomic E-state index is 0.107. The predicted octanol–water partition coefficient (Wildman–Crippen LogP) is 4.66. The molecule has 24 heavy (non-hydrogen) atoms. The van der Waals surface area contributed by atoms with E-state index in [1.54, 1.807) is 0 Å². The number of Topliss-reactive ketones (excluding diaryl/α,β-unsaturated/α-hetero) is 1. The molecular formula is C22H32O2. The normalized spacial score (nSPS) is 59.1. The Morgan fingerprint density at radius 2 is 1.88 bits per heavy atom. The number of aldehydes is 1. The highest BCUT2D eigenvalue weighted by Gasteiger charge is 2.77. The quantitative estimate of drug-likeness (QED) is 0.691. The summed E-state index contributed by atoms with van der Waals surface area (Å²) in [5.41, 5.74) is 0.702. The maximum absolute atomic E-state index is 13.2. The summed E-state index contributed by atoms with van der Waals surface area (Å²) in [6.07, 6.45) is 10.9. The lowest BCUT2D eigenvalue weighted by Gasteiger charge is -2.58. The Hall–Kier alpha value is -0.660. The van der Waals surface area contributed by atoms with Crippen LogP contribution in [0.5, 0.6) is 0 Å². The molecule has 0 bridgehead atoms. The molecular weight excluding hydrogens is 296 g/mol. The lowest BCUT2D eigenvalue weighted by atomic mass is 9.45. The van der Waals surface area contributed by atoms with E-state index in [0.29, 0.717) is 34.4 Å². The molecule has 5 aliphatic rings. The maximum Gasteiger partial charge on any atom is 0.140 e. The molecule has 0 radical (unpaired) electrons. The first-order valence-corrected chi connectivity index (χ1v) is 10.4. The molecule has 0 saturated heterocycles. The van der Waals surface area contributed by atoms with Crippen molar-refractivity contribution in [1.29, 1.82) is 0 Å². The summed E-state index contributed by atoms with van der Waals surface area (Å²) in [5, 5.41) is 0. The average molecular weight is 328 g/mol. The molecule has 0 aromatic rings. The molecule has 0 aromatic heterocycles. The molecule has 9 atom stereocenters. The van der Waals surface area contributed by atoms with Crippen molar-refractivity contribution >= 4 is 12.1 Å². The van der Waals surface area contributed by atoms with E-state index in [4.69, 9.17) is 0 Å². The lowest BCUT2D eigenvalue weighted by molar-refractivity contribution is -0.152. The summed E-state index contributed by atoms with van der Waals surface area (Å²) < 4.78 is 0. The van der Waals surface area contributed by atoms with E-state index in [1.165, 1.54) is 51.2 Å². The van der Waals surface area contributed by atoms with E-state index in [-0.39, 0.29) is 11.3 Å². The van der Waals surface area contributed by atoms with Gasteiger partial charge in [0.15, 0.2) is 0 Å². The predicted molar refractivity (Wildman–Crippen MR) is 93.3 cm³/mol. The standard InChI is InChI=1S/C22H32O2/c1-13(12-23)16-4-5-17-15-10-19(24)22-11-14(22)6-9-21(22,3)18(15)7-8-20(16,17)2/h12-18H,4-11H2,1-3H3/t13-,14-,15+,16-,17+,18+,20-,21-,22+/m1/s1. The third-order valence-corrected chi connectivity index (χ3v) is 10.2. The molecule has 0 N–H and O–H groups in total. The summed E-state index contributed by atoms with van der Waals surface area (Å²) in [6.45, 7) is 7.06. The van der Waals surface area contributed by atoms with Crippen molar-refractivity contribution in [3.63, 3.8) is 0 Å². The minimum Gasteiger partial charge on any atom is -0.303 e. The van der Waals surface area contributed by atoms with Gasteiger partial charge >= 0.3 is 0 Å². The minimum absolute atomic E-state index is 0.107. The van der Waals surface area contributed by atoms with Crippen LogP contribution in [0.3, 0.4) is 0 Å². The van der Waals surface area contributed by atoms with Crippen molar-refractivity contribution < 1.29 is 9.59 Å². The zero-order chi connectivity index (χ0) is 16.9. The van der Waals surface area contributed by atoms with Crippen LogP contribution < -0.4 is 0 Å². The van der Waals surface area contributed by atoms with Crippen molar-refractivity contribution in [3.8, 4) is 0 Å². The summed E-state index contributed by atoms with van der Waals surface area (Å²) in [4.78, 5) is 24.6. The van der Waals surface area contributed by atoms with Crippen molar-refractivity contribution in [2.24, 2.45) is 51.8 Å². The van der Waals surface area contributed by atoms with Crippen LogP contribution in [0, 0.1) is 51.8 Å². The molecule has 0 aliphatic heterocycles.